The molecular formula is C12H18O. The summed E-state index contributed by atoms with van der Waals surface area (Å²) in [5.74, 6) is 0.940. The topological polar surface area (TPSA) is 9.23 Å². The van der Waals surface area contributed by atoms with Crippen LogP contribution in [0, 0.1) is 6.92 Å². The molecule has 0 fully saturated rings. The Bertz CT molecular complexity index is 294. The second-order valence-electron chi connectivity index (χ2n) is 4.43. The lowest BCUT2D eigenvalue weighted by Gasteiger charge is -2.22. The molecule has 0 unspecified atom stereocenters. The highest BCUT2D eigenvalue weighted by Gasteiger charge is 2.16. The number of aryl methyl sites for hydroxylation is 1. The minimum atomic E-state index is 0.193. The van der Waals surface area contributed by atoms with Crippen molar-refractivity contribution in [3.8, 4) is 5.75 Å². The second-order valence-corrected chi connectivity index (χ2v) is 4.43. The van der Waals surface area contributed by atoms with Gasteiger partial charge >= 0.3 is 0 Å². The van der Waals surface area contributed by atoms with Crippen LogP contribution >= 0.6 is 0 Å². The maximum absolute atomic E-state index is 5.20. The molecule has 1 aromatic carbocycles. The van der Waals surface area contributed by atoms with Gasteiger partial charge in [-0.1, -0.05) is 26.8 Å². The predicted molar refractivity (Wildman–Crippen MR) is 56.4 cm³/mol. The number of ether oxygens (including phenoxy) is 1. The van der Waals surface area contributed by atoms with Gasteiger partial charge in [0.1, 0.15) is 5.75 Å². The van der Waals surface area contributed by atoms with Gasteiger partial charge in [-0.15, -0.1) is 0 Å². The molecule has 0 bridgehead atoms. The lowest BCUT2D eigenvalue weighted by Crippen LogP contribution is -2.13. The van der Waals surface area contributed by atoms with Crippen molar-refractivity contribution in [1.82, 2.24) is 0 Å². The molecule has 1 rings (SSSR count). The Morgan fingerprint density at radius 1 is 1.15 bits per heavy atom. The number of methoxy groups -OCH3 is 1. The van der Waals surface area contributed by atoms with Gasteiger partial charge in [-0.05, 0) is 35.6 Å². The third-order valence-corrected chi connectivity index (χ3v) is 2.25. The van der Waals surface area contributed by atoms with E-state index in [4.69, 9.17) is 4.74 Å². The van der Waals surface area contributed by atoms with Gasteiger partial charge in [0.15, 0.2) is 0 Å². The average molecular weight is 178 g/mol. The molecule has 0 saturated heterocycles. The highest BCUT2D eigenvalue weighted by Crippen LogP contribution is 2.28. The van der Waals surface area contributed by atoms with E-state index in [1.807, 2.05) is 6.07 Å². The third-order valence-electron chi connectivity index (χ3n) is 2.25. The van der Waals surface area contributed by atoms with Gasteiger partial charge in [-0.2, -0.15) is 0 Å². The monoisotopic (exact) mass is 178 g/mol. The summed E-state index contributed by atoms with van der Waals surface area (Å²) in [6.07, 6.45) is 0. The summed E-state index contributed by atoms with van der Waals surface area (Å²) < 4.78 is 5.20. The SMILES string of the molecule is COc1ccc(C)c(C(C)(C)C)c1. The first-order valence-corrected chi connectivity index (χ1v) is 4.60. The fourth-order valence-corrected chi connectivity index (χ4v) is 1.54. The minimum Gasteiger partial charge on any atom is -0.497 e. The zero-order valence-corrected chi connectivity index (χ0v) is 9.14. The maximum atomic E-state index is 5.20. The first-order valence-electron chi connectivity index (χ1n) is 4.60. The molecule has 0 saturated carbocycles. The van der Waals surface area contributed by atoms with Crippen molar-refractivity contribution in [2.24, 2.45) is 0 Å². The van der Waals surface area contributed by atoms with Crippen LogP contribution in [-0.2, 0) is 5.41 Å². The van der Waals surface area contributed by atoms with Gasteiger partial charge in [0.05, 0.1) is 7.11 Å². The maximum Gasteiger partial charge on any atom is 0.119 e. The Morgan fingerprint density at radius 3 is 2.23 bits per heavy atom. The van der Waals surface area contributed by atoms with Crippen LogP contribution in [0.2, 0.25) is 0 Å². The molecule has 1 nitrogen and oxygen atoms in total. The molecule has 1 aromatic rings. The van der Waals surface area contributed by atoms with Gasteiger partial charge in [0.25, 0.3) is 0 Å². The zero-order chi connectivity index (χ0) is 10.1. The van der Waals surface area contributed by atoms with E-state index in [1.54, 1.807) is 7.11 Å². The van der Waals surface area contributed by atoms with Crippen LogP contribution in [0.5, 0.6) is 5.75 Å². The molecule has 0 amide bonds. The quantitative estimate of drug-likeness (QED) is 0.641. The van der Waals surface area contributed by atoms with Crippen LogP contribution in [0.3, 0.4) is 0 Å². The van der Waals surface area contributed by atoms with Crippen molar-refractivity contribution in [3.63, 3.8) is 0 Å². The number of hydrogen-bond donors (Lipinski definition) is 0. The molecule has 0 aliphatic rings. The Hall–Kier alpha value is -0.980. The summed E-state index contributed by atoms with van der Waals surface area (Å²) in [4.78, 5) is 0. The lowest BCUT2D eigenvalue weighted by molar-refractivity contribution is 0.412. The molecule has 0 aliphatic heterocycles. The summed E-state index contributed by atoms with van der Waals surface area (Å²) in [6, 6.07) is 6.24. The summed E-state index contributed by atoms with van der Waals surface area (Å²) >= 11 is 0. The number of benzene rings is 1. The lowest BCUT2D eigenvalue weighted by atomic mass is 9.84. The normalized spacial score (nSPS) is 11.5. The van der Waals surface area contributed by atoms with Crippen molar-refractivity contribution < 1.29 is 4.74 Å². The number of rotatable bonds is 1. The van der Waals surface area contributed by atoms with E-state index in [0.29, 0.717) is 0 Å². The molecule has 0 atom stereocenters. The fourth-order valence-electron chi connectivity index (χ4n) is 1.54. The van der Waals surface area contributed by atoms with E-state index in [1.165, 1.54) is 11.1 Å². The molecule has 1 heteroatoms. The molecular weight excluding hydrogens is 160 g/mol. The zero-order valence-electron chi connectivity index (χ0n) is 9.14. The molecule has 13 heavy (non-hydrogen) atoms. The average Bonchev–Trinajstić information content (AvgIpc) is 2.03. The molecule has 72 valence electrons. The van der Waals surface area contributed by atoms with E-state index in [-0.39, 0.29) is 5.41 Å². The van der Waals surface area contributed by atoms with E-state index in [2.05, 4.69) is 39.8 Å². The van der Waals surface area contributed by atoms with Gasteiger partial charge in [-0.3, -0.25) is 0 Å². The first-order chi connectivity index (χ1) is 5.95. The van der Waals surface area contributed by atoms with Gasteiger partial charge in [0, 0.05) is 0 Å². The predicted octanol–water partition coefficient (Wildman–Crippen LogP) is 3.30. The third kappa shape index (κ3) is 2.24. The van der Waals surface area contributed by atoms with Crippen LogP contribution < -0.4 is 4.74 Å². The summed E-state index contributed by atoms with van der Waals surface area (Å²) in [5.41, 5.74) is 2.87. The highest BCUT2D eigenvalue weighted by molar-refractivity contribution is 5.38. The molecule has 0 aliphatic carbocycles. The van der Waals surface area contributed by atoms with Crippen LogP contribution in [0.25, 0.3) is 0 Å². The Kier molecular flexibility index (Phi) is 2.65. The summed E-state index contributed by atoms with van der Waals surface area (Å²) in [5, 5.41) is 0. The van der Waals surface area contributed by atoms with Crippen LogP contribution in [0.1, 0.15) is 31.9 Å². The van der Waals surface area contributed by atoms with Crippen molar-refractivity contribution in [2.45, 2.75) is 33.1 Å². The molecule has 0 aromatic heterocycles. The smallest absolute Gasteiger partial charge is 0.119 e. The Labute approximate surface area is 80.7 Å². The Balaban J connectivity index is 3.19. The number of hydrogen-bond acceptors (Lipinski definition) is 1. The second kappa shape index (κ2) is 3.41. The van der Waals surface area contributed by atoms with Gasteiger partial charge < -0.3 is 4.74 Å². The van der Waals surface area contributed by atoms with Crippen LogP contribution in [0.4, 0.5) is 0 Å². The summed E-state index contributed by atoms with van der Waals surface area (Å²) in [6.45, 7) is 8.79. The van der Waals surface area contributed by atoms with Crippen LogP contribution in [-0.4, -0.2) is 7.11 Å². The van der Waals surface area contributed by atoms with E-state index < -0.39 is 0 Å². The van der Waals surface area contributed by atoms with Crippen LogP contribution in [0.15, 0.2) is 18.2 Å². The molecule has 0 N–H and O–H groups in total. The first kappa shape index (κ1) is 10.1. The fraction of sp³-hybridized carbons (Fsp3) is 0.500. The standard InChI is InChI=1S/C12H18O/c1-9-6-7-10(13-5)8-11(9)12(2,3)4/h6-8H,1-5H3. The van der Waals surface area contributed by atoms with Crippen molar-refractivity contribution in [1.29, 1.82) is 0 Å². The molecule has 0 heterocycles. The van der Waals surface area contributed by atoms with Gasteiger partial charge in [-0.25, -0.2) is 0 Å². The largest absolute Gasteiger partial charge is 0.497 e. The highest BCUT2D eigenvalue weighted by atomic mass is 16.5. The van der Waals surface area contributed by atoms with Crippen molar-refractivity contribution in [2.75, 3.05) is 7.11 Å². The van der Waals surface area contributed by atoms with E-state index in [9.17, 15) is 0 Å². The van der Waals surface area contributed by atoms with Gasteiger partial charge in [0.2, 0.25) is 0 Å². The van der Waals surface area contributed by atoms with E-state index in [0.717, 1.165) is 5.75 Å². The van der Waals surface area contributed by atoms with E-state index >= 15 is 0 Å². The molecule has 0 spiro atoms. The summed E-state index contributed by atoms with van der Waals surface area (Å²) in [7, 11) is 1.71. The molecule has 0 radical (unpaired) electrons. The van der Waals surface area contributed by atoms with Crippen molar-refractivity contribution >= 4 is 0 Å². The minimum absolute atomic E-state index is 0.193. The Morgan fingerprint density at radius 2 is 1.77 bits per heavy atom. The van der Waals surface area contributed by atoms with Crippen molar-refractivity contribution in [3.05, 3.63) is 29.3 Å².